The van der Waals surface area contributed by atoms with E-state index in [1.807, 2.05) is 56.3 Å². The number of para-hydroxylation sites is 2. The third-order valence-corrected chi connectivity index (χ3v) is 5.01. The van der Waals surface area contributed by atoms with Crippen molar-refractivity contribution in [2.45, 2.75) is 39.7 Å². The Kier molecular flexibility index (Phi) is 7.71. The Morgan fingerprint density at radius 3 is 2.53 bits per heavy atom. The fraction of sp³-hybridized carbons (Fsp3) is 0.417. The third-order valence-electron chi connectivity index (χ3n) is 5.01. The summed E-state index contributed by atoms with van der Waals surface area (Å²) in [5, 5.41) is 2.98. The van der Waals surface area contributed by atoms with Gasteiger partial charge in [0, 0.05) is 25.4 Å². The van der Waals surface area contributed by atoms with E-state index in [1.165, 1.54) is 0 Å². The molecule has 1 heterocycles. The molecule has 1 amide bonds. The van der Waals surface area contributed by atoms with Crippen LogP contribution in [-0.4, -0.2) is 35.7 Å². The number of aryl methyl sites for hydroxylation is 1. The first kappa shape index (κ1) is 21.7. The first-order valence-electron chi connectivity index (χ1n) is 10.6. The molecule has 0 unspecified atom stereocenters. The summed E-state index contributed by atoms with van der Waals surface area (Å²) < 4.78 is 13.3. The van der Waals surface area contributed by atoms with Crippen molar-refractivity contribution in [3.05, 3.63) is 54.4 Å². The molecule has 0 saturated carbocycles. The van der Waals surface area contributed by atoms with Crippen molar-refractivity contribution in [2.75, 3.05) is 20.3 Å². The molecule has 0 bridgehead atoms. The summed E-state index contributed by atoms with van der Waals surface area (Å²) in [6.07, 6.45) is 2.65. The highest BCUT2D eigenvalue weighted by Crippen LogP contribution is 2.19. The lowest BCUT2D eigenvalue weighted by Crippen LogP contribution is -2.30. The summed E-state index contributed by atoms with van der Waals surface area (Å²) in [5.74, 6) is 2.76. The molecule has 0 saturated heterocycles. The van der Waals surface area contributed by atoms with Gasteiger partial charge in [-0.25, -0.2) is 4.98 Å². The molecule has 0 radical (unpaired) electrons. The molecule has 0 aliphatic heterocycles. The number of benzene rings is 2. The Labute approximate surface area is 178 Å². The molecule has 0 aliphatic carbocycles. The SMILES string of the molecule is COc1ccc(OCCCCn2c(CCNC(=O)C(C)C)nc3ccccc32)cc1. The van der Waals surface area contributed by atoms with Gasteiger partial charge in [0.05, 0.1) is 24.8 Å². The van der Waals surface area contributed by atoms with Crippen LogP contribution in [0.5, 0.6) is 11.5 Å². The van der Waals surface area contributed by atoms with Crippen molar-refractivity contribution < 1.29 is 14.3 Å². The number of nitrogens with zero attached hydrogens (tertiary/aromatic N) is 2. The van der Waals surface area contributed by atoms with E-state index in [0.29, 0.717) is 13.2 Å². The van der Waals surface area contributed by atoms with Gasteiger partial charge in [0.1, 0.15) is 17.3 Å². The van der Waals surface area contributed by atoms with Gasteiger partial charge in [0.15, 0.2) is 0 Å². The first-order valence-corrected chi connectivity index (χ1v) is 10.6. The van der Waals surface area contributed by atoms with Crippen molar-refractivity contribution in [3.63, 3.8) is 0 Å². The van der Waals surface area contributed by atoms with E-state index in [9.17, 15) is 4.79 Å². The summed E-state index contributed by atoms with van der Waals surface area (Å²) in [4.78, 5) is 16.6. The second-order valence-corrected chi connectivity index (χ2v) is 7.60. The van der Waals surface area contributed by atoms with Gasteiger partial charge >= 0.3 is 0 Å². The molecule has 160 valence electrons. The molecule has 6 nitrogen and oxygen atoms in total. The minimum Gasteiger partial charge on any atom is -0.497 e. The number of hydrogen-bond acceptors (Lipinski definition) is 4. The molecule has 6 heteroatoms. The number of carbonyl (C=O) groups excluding carboxylic acids is 1. The predicted octanol–water partition coefficient (Wildman–Crippen LogP) is 4.22. The maximum absolute atomic E-state index is 11.8. The average molecular weight is 410 g/mol. The zero-order valence-electron chi connectivity index (χ0n) is 18.1. The number of unbranched alkanes of at least 4 members (excludes halogenated alkanes) is 1. The van der Waals surface area contributed by atoms with Crippen molar-refractivity contribution in [2.24, 2.45) is 5.92 Å². The van der Waals surface area contributed by atoms with Crippen molar-refractivity contribution >= 4 is 16.9 Å². The van der Waals surface area contributed by atoms with Crippen LogP contribution in [0.1, 0.15) is 32.5 Å². The van der Waals surface area contributed by atoms with Gasteiger partial charge in [-0.1, -0.05) is 26.0 Å². The lowest BCUT2D eigenvalue weighted by molar-refractivity contribution is -0.123. The number of methoxy groups -OCH3 is 1. The van der Waals surface area contributed by atoms with Crippen molar-refractivity contribution in [1.29, 1.82) is 0 Å². The number of carbonyl (C=O) groups is 1. The zero-order valence-corrected chi connectivity index (χ0v) is 18.1. The lowest BCUT2D eigenvalue weighted by atomic mass is 10.2. The number of fused-ring (bicyclic) bond motifs is 1. The summed E-state index contributed by atoms with van der Waals surface area (Å²) in [7, 11) is 1.65. The number of imidazole rings is 1. The van der Waals surface area contributed by atoms with Crippen LogP contribution in [0.3, 0.4) is 0 Å². The molecule has 2 aromatic carbocycles. The largest absolute Gasteiger partial charge is 0.497 e. The van der Waals surface area contributed by atoms with Gasteiger partial charge in [-0.2, -0.15) is 0 Å². The molecule has 0 atom stereocenters. The van der Waals surface area contributed by atoms with E-state index in [0.717, 1.165) is 54.2 Å². The van der Waals surface area contributed by atoms with Gasteiger partial charge in [-0.05, 0) is 49.2 Å². The Morgan fingerprint density at radius 1 is 1.07 bits per heavy atom. The molecule has 1 aromatic heterocycles. The monoisotopic (exact) mass is 409 g/mol. The van der Waals surface area contributed by atoms with E-state index < -0.39 is 0 Å². The number of aromatic nitrogens is 2. The van der Waals surface area contributed by atoms with E-state index >= 15 is 0 Å². The van der Waals surface area contributed by atoms with E-state index in [1.54, 1.807) is 7.11 Å². The Morgan fingerprint density at radius 2 is 1.80 bits per heavy atom. The first-order chi connectivity index (χ1) is 14.6. The van der Waals surface area contributed by atoms with Gasteiger partial charge in [0.25, 0.3) is 0 Å². The van der Waals surface area contributed by atoms with Crippen LogP contribution in [0.4, 0.5) is 0 Å². The lowest BCUT2D eigenvalue weighted by Gasteiger charge is -2.11. The van der Waals surface area contributed by atoms with E-state index in [4.69, 9.17) is 14.5 Å². The predicted molar refractivity (Wildman–Crippen MR) is 119 cm³/mol. The van der Waals surface area contributed by atoms with E-state index in [-0.39, 0.29) is 11.8 Å². The molecule has 0 fully saturated rings. The molecule has 30 heavy (non-hydrogen) atoms. The Bertz CT molecular complexity index is 948. The summed E-state index contributed by atoms with van der Waals surface area (Å²) in [5.41, 5.74) is 2.14. The third kappa shape index (κ3) is 5.75. The standard InChI is InChI=1S/C24H31N3O3/c1-18(2)24(28)25-15-14-23-26-21-8-4-5-9-22(21)27(23)16-6-7-17-30-20-12-10-19(29-3)11-13-20/h4-5,8-13,18H,6-7,14-17H2,1-3H3,(H,25,28). The smallest absolute Gasteiger partial charge is 0.222 e. The average Bonchev–Trinajstić information content (AvgIpc) is 3.11. The minimum atomic E-state index is -0.00508. The number of hydrogen-bond donors (Lipinski definition) is 1. The fourth-order valence-electron chi connectivity index (χ4n) is 3.30. The van der Waals surface area contributed by atoms with Gasteiger partial charge < -0.3 is 19.4 Å². The second kappa shape index (κ2) is 10.7. The Hall–Kier alpha value is -3.02. The van der Waals surface area contributed by atoms with Crippen molar-refractivity contribution in [1.82, 2.24) is 14.9 Å². The molecular formula is C24H31N3O3. The molecule has 3 rings (SSSR count). The number of ether oxygens (including phenoxy) is 2. The van der Waals surface area contributed by atoms with Crippen LogP contribution in [0.25, 0.3) is 11.0 Å². The number of rotatable bonds is 11. The van der Waals surface area contributed by atoms with Crippen LogP contribution in [0.15, 0.2) is 48.5 Å². The highest BCUT2D eigenvalue weighted by atomic mass is 16.5. The van der Waals surface area contributed by atoms with Crippen LogP contribution < -0.4 is 14.8 Å². The number of nitrogens with one attached hydrogen (secondary N) is 1. The van der Waals surface area contributed by atoms with Crippen LogP contribution in [-0.2, 0) is 17.8 Å². The molecule has 0 aliphatic rings. The minimum absolute atomic E-state index is 0.00508. The summed E-state index contributed by atoms with van der Waals surface area (Å²) in [6.45, 7) is 5.94. The normalized spacial score (nSPS) is 11.1. The van der Waals surface area contributed by atoms with Gasteiger partial charge in [0.2, 0.25) is 5.91 Å². The topological polar surface area (TPSA) is 65.4 Å². The van der Waals surface area contributed by atoms with Gasteiger partial charge in [-0.3, -0.25) is 4.79 Å². The van der Waals surface area contributed by atoms with E-state index in [2.05, 4.69) is 16.0 Å². The molecule has 1 N–H and O–H groups in total. The van der Waals surface area contributed by atoms with Crippen LogP contribution in [0.2, 0.25) is 0 Å². The highest BCUT2D eigenvalue weighted by molar-refractivity contribution is 5.78. The molecular weight excluding hydrogens is 378 g/mol. The number of amides is 1. The molecule has 0 spiro atoms. The summed E-state index contributed by atoms with van der Waals surface area (Å²) >= 11 is 0. The zero-order chi connectivity index (χ0) is 21.3. The second-order valence-electron chi connectivity index (χ2n) is 7.60. The Balaban J connectivity index is 1.54. The van der Waals surface area contributed by atoms with Gasteiger partial charge in [-0.15, -0.1) is 0 Å². The maximum atomic E-state index is 11.8. The van der Waals surface area contributed by atoms with Crippen LogP contribution >= 0.6 is 0 Å². The summed E-state index contributed by atoms with van der Waals surface area (Å²) in [6, 6.07) is 15.8. The van der Waals surface area contributed by atoms with Crippen LogP contribution in [0, 0.1) is 5.92 Å². The molecule has 3 aromatic rings. The van der Waals surface area contributed by atoms with Crippen molar-refractivity contribution in [3.8, 4) is 11.5 Å². The highest BCUT2D eigenvalue weighted by Gasteiger charge is 2.11. The fourth-order valence-corrected chi connectivity index (χ4v) is 3.30. The quantitative estimate of drug-likeness (QED) is 0.482. The maximum Gasteiger partial charge on any atom is 0.222 e.